The lowest BCUT2D eigenvalue weighted by Gasteiger charge is -2.32. The molecule has 1 atom stereocenters. The van der Waals surface area contributed by atoms with Crippen LogP contribution in [0.3, 0.4) is 0 Å². The number of carbonyl (C=O) groups excluding carboxylic acids is 1. The Bertz CT molecular complexity index is 1020. The molecule has 0 radical (unpaired) electrons. The van der Waals surface area contributed by atoms with E-state index in [1.54, 1.807) is 11.8 Å². The largest absolute Gasteiger partial charge is 0.355 e. The highest BCUT2D eigenvalue weighted by Gasteiger charge is 2.26. The van der Waals surface area contributed by atoms with E-state index in [4.69, 9.17) is 0 Å². The average Bonchev–Trinajstić information content (AvgIpc) is 2.83. The Morgan fingerprint density at radius 1 is 1.06 bits per heavy atom. The topological polar surface area (TPSA) is 58.1 Å². The summed E-state index contributed by atoms with van der Waals surface area (Å²) < 4.78 is 0. The lowest BCUT2D eigenvalue weighted by Crippen LogP contribution is -2.41. The fourth-order valence-corrected chi connectivity index (χ4v) is 4.85. The van der Waals surface area contributed by atoms with Gasteiger partial charge in [0.25, 0.3) is 0 Å². The number of hydrogen-bond donors (Lipinski definition) is 1. The SMILES string of the molecule is Cc1cccc(Sc2ccc(N3CCC(C(=O)NC[C@@H](C)c4ccccc4)CC3)nn2)c1. The number of piperidine rings is 1. The Kier molecular flexibility index (Phi) is 7.43. The van der Waals surface area contributed by atoms with Gasteiger partial charge in [0.1, 0.15) is 5.03 Å². The van der Waals surface area contributed by atoms with Gasteiger partial charge in [-0.1, -0.05) is 66.7 Å². The van der Waals surface area contributed by atoms with Gasteiger partial charge in [-0.2, -0.15) is 0 Å². The highest BCUT2D eigenvalue weighted by molar-refractivity contribution is 7.99. The minimum Gasteiger partial charge on any atom is -0.355 e. The van der Waals surface area contributed by atoms with E-state index >= 15 is 0 Å². The summed E-state index contributed by atoms with van der Waals surface area (Å²) >= 11 is 1.62. The Morgan fingerprint density at radius 3 is 2.53 bits per heavy atom. The van der Waals surface area contributed by atoms with E-state index in [9.17, 15) is 4.79 Å². The van der Waals surface area contributed by atoms with Crippen molar-refractivity contribution in [3.05, 3.63) is 77.9 Å². The van der Waals surface area contributed by atoms with E-state index in [1.165, 1.54) is 16.0 Å². The summed E-state index contributed by atoms with van der Waals surface area (Å²) in [5.74, 6) is 1.43. The zero-order chi connectivity index (χ0) is 22.3. The van der Waals surface area contributed by atoms with Crippen LogP contribution in [0.2, 0.25) is 0 Å². The summed E-state index contributed by atoms with van der Waals surface area (Å²) in [5.41, 5.74) is 2.49. The molecule has 6 heteroatoms. The van der Waals surface area contributed by atoms with Gasteiger partial charge < -0.3 is 10.2 Å². The van der Waals surface area contributed by atoms with Gasteiger partial charge >= 0.3 is 0 Å². The summed E-state index contributed by atoms with van der Waals surface area (Å²) in [6.45, 7) is 6.57. The Labute approximate surface area is 194 Å². The van der Waals surface area contributed by atoms with Gasteiger partial charge in [-0.25, -0.2) is 0 Å². The molecule has 0 aliphatic carbocycles. The van der Waals surface area contributed by atoms with E-state index in [0.717, 1.165) is 36.8 Å². The first-order valence-corrected chi connectivity index (χ1v) is 12.1. The number of nitrogens with one attached hydrogen (secondary N) is 1. The first-order valence-electron chi connectivity index (χ1n) is 11.2. The van der Waals surface area contributed by atoms with Gasteiger partial charge in [-0.3, -0.25) is 4.79 Å². The van der Waals surface area contributed by atoms with Crippen molar-refractivity contribution in [2.24, 2.45) is 5.92 Å². The molecule has 1 aromatic heterocycles. The van der Waals surface area contributed by atoms with Crippen molar-refractivity contribution < 1.29 is 4.79 Å². The lowest BCUT2D eigenvalue weighted by atomic mass is 9.95. The van der Waals surface area contributed by atoms with Crippen LogP contribution in [0.4, 0.5) is 5.82 Å². The Hall–Kier alpha value is -2.86. The molecular weight excluding hydrogens is 416 g/mol. The molecule has 2 heterocycles. The van der Waals surface area contributed by atoms with Crippen LogP contribution in [0.5, 0.6) is 0 Å². The second-order valence-electron chi connectivity index (χ2n) is 8.47. The molecule has 2 aromatic carbocycles. The number of amides is 1. The molecule has 0 spiro atoms. The number of rotatable bonds is 7. The maximum atomic E-state index is 12.7. The highest BCUT2D eigenvalue weighted by Crippen LogP contribution is 2.28. The molecule has 32 heavy (non-hydrogen) atoms. The van der Waals surface area contributed by atoms with Gasteiger partial charge in [-0.05, 0) is 55.5 Å². The van der Waals surface area contributed by atoms with Gasteiger partial charge in [0.2, 0.25) is 5.91 Å². The predicted octanol–water partition coefficient (Wildman–Crippen LogP) is 5.07. The number of carbonyl (C=O) groups is 1. The third-order valence-electron chi connectivity index (χ3n) is 5.98. The van der Waals surface area contributed by atoms with Gasteiger partial charge in [0, 0.05) is 30.4 Å². The van der Waals surface area contributed by atoms with Crippen LogP contribution >= 0.6 is 11.8 Å². The first-order chi connectivity index (χ1) is 15.6. The molecule has 166 valence electrons. The number of aryl methyl sites for hydroxylation is 1. The van der Waals surface area contributed by atoms with Gasteiger partial charge in [0.15, 0.2) is 5.82 Å². The molecule has 1 fully saturated rings. The van der Waals surface area contributed by atoms with Crippen LogP contribution in [-0.2, 0) is 4.79 Å². The molecule has 0 saturated carbocycles. The third kappa shape index (κ3) is 5.88. The van der Waals surface area contributed by atoms with Crippen molar-refractivity contribution in [1.82, 2.24) is 15.5 Å². The maximum Gasteiger partial charge on any atom is 0.223 e. The second kappa shape index (κ2) is 10.6. The molecule has 0 unspecified atom stereocenters. The van der Waals surface area contributed by atoms with Crippen LogP contribution < -0.4 is 10.2 Å². The minimum absolute atomic E-state index is 0.0679. The zero-order valence-electron chi connectivity index (χ0n) is 18.7. The second-order valence-corrected chi connectivity index (χ2v) is 9.56. The van der Waals surface area contributed by atoms with Crippen LogP contribution in [0.1, 0.15) is 36.8 Å². The lowest BCUT2D eigenvalue weighted by molar-refractivity contribution is -0.125. The summed E-state index contributed by atoms with van der Waals surface area (Å²) in [6.07, 6.45) is 1.68. The van der Waals surface area contributed by atoms with E-state index in [1.807, 2.05) is 30.3 Å². The van der Waals surface area contributed by atoms with Gasteiger partial charge in [0.05, 0.1) is 0 Å². The van der Waals surface area contributed by atoms with E-state index in [0.29, 0.717) is 12.5 Å². The molecular formula is C26H30N4OS. The van der Waals surface area contributed by atoms with E-state index < -0.39 is 0 Å². The molecule has 1 aliphatic heterocycles. The van der Waals surface area contributed by atoms with Crippen molar-refractivity contribution >= 4 is 23.5 Å². The van der Waals surface area contributed by atoms with Crippen molar-refractivity contribution in [2.45, 2.75) is 42.5 Å². The Morgan fingerprint density at radius 2 is 1.84 bits per heavy atom. The molecule has 5 nitrogen and oxygen atoms in total. The summed E-state index contributed by atoms with van der Waals surface area (Å²) in [6, 6.07) is 22.8. The summed E-state index contributed by atoms with van der Waals surface area (Å²) in [4.78, 5) is 16.1. The Balaban J connectivity index is 1.24. The molecule has 3 aromatic rings. The van der Waals surface area contributed by atoms with E-state index in [-0.39, 0.29) is 11.8 Å². The highest BCUT2D eigenvalue weighted by atomic mass is 32.2. The van der Waals surface area contributed by atoms with Crippen LogP contribution in [-0.4, -0.2) is 35.7 Å². The average molecular weight is 447 g/mol. The number of hydrogen-bond acceptors (Lipinski definition) is 5. The minimum atomic E-state index is 0.0679. The number of benzene rings is 2. The predicted molar refractivity (Wildman–Crippen MR) is 130 cm³/mol. The zero-order valence-corrected chi connectivity index (χ0v) is 19.5. The molecule has 1 aliphatic rings. The van der Waals surface area contributed by atoms with Crippen LogP contribution in [0, 0.1) is 12.8 Å². The van der Waals surface area contributed by atoms with Gasteiger partial charge in [-0.15, -0.1) is 10.2 Å². The molecule has 1 N–H and O–H groups in total. The van der Waals surface area contributed by atoms with Crippen molar-refractivity contribution in [1.29, 1.82) is 0 Å². The number of aromatic nitrogens is 2. The fraction of sp³-hybridized carbons (Fsp3) is 0.346. The summed E-state index contributed by atoms with van der Waals surface area (Å²) in [5, 5.41) is 12.9. The maximum absolute atomic E-state index is 12.7. The standard InChI is InChI=1S/C26H30N4OS/c1-19-7-6-10-23(17-19)32-25-12-11-24(28-29-25)30-15-13-22(14-16-30)26(31)27-18-20(2)21-8-4-3-5-9-21/h3-12,17,20,22H,13-16,18H2,1-2H3,(H,27,31)/t20-/m1/s1. The monoisotopic (exact) mass is 446 g/mol. The quantitative estimate of drug-likeness (QED) is 0.549. The van der Waals surface area contributed by atoms with Crippen molar-refractivity contribution in [3.8, 4) is 0 Å². The van der Waals surface area contributed by atoms with Crippen LogP contribution in [0.15, 0.2) is 76.7 Å². The fourth-order valence-electron chi connectivity index (χ4n) is 4.00. The molecule has 4 rings (SSSR count). The molecule has 1 saturated heterocycles. The normalized spacial score (nSPS) is 15.4. The summed E-state index contributed by atoms with van der Waals surface area (Å²) in [7, 11) is 0. The van der Waals surface area contributed by atoms with Crippen LogP contribution in [0.25, 0.3) is 0 Å². The smallest absolute Gasteiger partial charge is 0.223 e. The number of nitrogens with zero attached hydrogens (tertiary/aromatic N) is 3. The molecule has 1 amide bonds. The van der Waals surface area contributed by atoms with Crippen molar-refractivity contribution in [3.63, 3.8) is 0 Å². The third-order valence-corrected chi connectivity index (χ3v) is 6.90. The van der Waals surface area contributed by atoms with Crippen molar-refractivity contribution in [2.75, 3.05) is 24.5 Å². The first kappa shape index (κ1) is 22.3. The van der Waals surface area contributed by atoms with E-state index in [2.05, 4.69) is 70.7 Å². The number of anilines is 1. The molecule has 0 bridgehead atoms.